The first-order valence-electron chi connectivity index (χ1n) is 20.6. The molecule has 294 valence electrons. The average molecular weight is 713 g/mol. The van der Waals surface area contributed by atoms with Crippen LogP contribution in [0.1, 0.15) is 187 Å². The zero-order chi connectivity index (χ0) is 36.8. The number of rotatable bonds is 33. The lowest BCUT2D eigenvalue weighted by molar-refractivity contribution is -0.259. The molecule has 0 aromatic carbocycles. The van der Waals surface area contributed by atoms with Gasteiger partial charge in [0, 0.05) is 26.6 Å². The third-order valence-corrected chi connectivity index (χ3v) is 10.1. The number of amides is 2. The van der Waals surface area contributed by atoms with Crippen molar-refractivity contribution in [1.82, 2.24) is 10.2 Å². The van der Waals surface area contributed by atoms with Crippen molar-refractivity contribution in [2.45, 2.75) is 218 Å². The number of nitrogens with zero attached hydrogens (tertiary/aromatic N) is 1. The fourth-order valence-electron chi connectivity index (χ4n) is 6.94. The lowest BCUT2D eigenvalue weighted by atomic mass is 9.95. The van der Waals surface area contributed by atoms with Gasteiger partial charge in [0.05, 0.1) is 0 Å². The molecule has 1 saturated heterocycles. The molecular weight excluding hydrogens is 636 g/mol. The topological polar surface area (TPSA) is 146 Å². The van der Waals surface area contributed by atoms with Crippen LogP contribution in [0.15, 0.2) is 0 Å². The van der Waals surface area contributed by atoms with Gasteiger partial charge in [0.2, 0.25) is 11.8 Å². The van der Waals surface area contributed by atoms with Crippen LogP contribution in [-0.4, -0.2) is 88.8 Å². The van der Waals surface area contributed by atoms with Crippen LogP contribution in [0.3, 0.4) is 0 Å². The van der Waals surface area contributed by atoms with E-state index in [-0.39, 0.29) is 12.5 Å². The van der Waals surface area contributed by atoms with Crippen molar-refractivity contribution in [3.05, 3.63) is 0 Å². The molecule has 0 bridgehead atoms. The van der Waals surface area contributed by atoms with E-state index in [1.165, 1.54) is 129 Å². The van der Waals surface area contributed by atoms with Gasteiger partial charge in [-0.3, -0.25) is 14.4 Å². The van der Waals surface area contributed by atoms with Crippen LogP contribution in [0.25, 0.3) is 0 Å². The first kappa shape index (κ1) is 46.3. The number of ether oxygens (including phenoxy) is 2. The smallest absolute Gasteiger partial charge is 0.312 e. The first-order valence-corrected chi connectivity index (χ1v) is 20.6. The highest BCUT2D eigenvalue weighted by Crippen LogP contribution is 2.24. The van der Waals surface area contributed by atoms with Crippen LogP contribution < -0.4 is 5.32 Å². The lowest BCUT2D eigenvalue weighted by Gasteiger charge is -2.43. The SMILES string of the molecule is CCCCCCCCCCCCCCCCCCN(C[C@H]1O[C@H](OC)[C@H](NC(=O)CC(=O)O)[C@@H](O)[C@@H]1O)C(=O)CCCCCCCCCCC. The Hall–Kier alpha value is -1.75. The Morgan fingerprint density at radius 3 is 1.48 bits per heavy atom. The van der Waals surface area contributed by atoms with Gasteiger partial charge in [0.1, 0.15) is 30.8 Å². The van der Waals surface area contributed by atoms with Gasteiger partial charge in [-0.25, -0.2) is 0 Å². The largest absolute Gasteiger partial charge is 0.481 e. The van der Waals surface area contributed by atoms with E-state index < -0.39 is 48.9 Å². The molecule has 0 saturated carbocycles. The molecule has 50 heavy (non-hydrogen) atoms. The Labute approximate surface area is 304 Å². The fraction of sp³-hybridized carbons (Fsp3) is 0.925. The van der Waals surface area contributed by atoms with E-state index in [0.29, 0.717) is 13.0 Å². The minimum Gasteiger partial charge on any atom is -0.481 e. The number of nitrogens with one attached hydrogen (secondary N) is 1. The van der Waals surface area contributed by atoms with Gasteiger partial charge in [-0.15, -0.1) is 0 Å². The molecule has 1 rings (SSSR count). The van der Waals surface area contributed by atoms with E-state index in [1.54, 1.807) is 4.90 Å². The Morgan fingerprint density at radius 2 is 1.06 bits per heavy atom. The third-order valence-electron chi connectivity index (χ3n) is 10.1. The van der Waals surface area contributed by atoms with Crippen molar-refractivity contribution in [3.8, 4) is 0 Å². The van der Waals surface area contributed by atoms with Crippen molar-refractivity contribution >= 4 is 17.8 Å². The van der Waals surface area contributed by atoms with E-state index in [1.807, 2.05) is 0 Å². The molecule has 1 fully saturated rings. The van der Waals surface area contributed by atoms with Gasteiger partial charge in [0.25, 0.3) is 0 Å². The molecule has 10 heteroatoms. The Bertz CT molecular complexity index is 857. The number of carboxylic acids is 1. The second kappa shape index (κ2) is 30.8. The molecule has 0 aliphatic carbocycles. The standard InChI is InChI=1S/C40H76N2O8/c1-4-6-8-10-12-14-15-16-17-18-19-20-22-24-26-28-30-42(35(44)29-27-25-23-21-13-11-9-7-5-2)32-33-38(47)39(48)37(40(49-3)50-33)41-34(43)31-36(45)46/h33,37-40,47-48H,4-32H2,1-3H3,(H,41,43)(H,45,46)/t33-,37-,38-,39-,40+/m1/s1. The number of aliphatic hydroxyl groups is 2. The second-order valence-electron chi connectivity index (χ2n) is 14.6. The number of hydrogen-bond donors (Lipinski definition) is 4. The summed E-state index contributed by atoms with van der Waals surface area (Å²) in [6.45, 7) is 5.14. The Balaban J connectivity index is 2.53. The highest BCUT2D eigenvalue weighted by molar-refractivity contribution is 5.93. The van der Waals surface area contributed by atoms with Gasteiger partial charge < -0.3 is 35.0 Å². The number of hydrogen-bond acceptors (Lipinski definition) is 7. The van der Waals surface area contributed by atoms with Gasteiger partial charge in [-0.1, -0.05) is 162 Å². The van der Waals surface area contributed by atoms with Crippen molar-refractivity contribution < 1.29 is 39.2 Å². The van der Waals surface area contributed by atoms with Crippen LogP contribution in [0.5, 0.6) is 0 Å². The second-order valence-corrected chi connectivity index (χ2v) is 14.6. The number of aliphatic carboxylic acids is 1. The number of methoxy groups -OCH3 is 1. The van der Waals surface area contributed by atoms with Crippen molar-refractivity contribution in [2.75, 3.05) is 20.2 Å². The monoisotopic (exact) mass is 713 g/mol. The summed E-state index contributed by atoms with van der Waals surface area (Å²) in [6.07, 6.45) is 25.7. The Morgan fingerprint density at radius 1 is 0.640 bits per heavy atom. The molecule has 0 aromatic rings. The maximum atomic E-state index is 13.4. The van der Waals surface area contributed by atoms with Crippen LogP contribution in [0, 0.1) is 0 Å². The average Bonchev–Trinajstić information content (AvgIpc) is 3.09. The number of carboxylic acid groups (broad SMARTS) is 1. The van der Waals surface area contributed by atoms with Crippen molar-refractivity contribution in [3.63, 3.8) is 0 Å². The number of carbonyl (C=O) groups is 3. The summed E-state index contributed by atoms with van der Waals surface area (Å²) in [5.74, 6) is -2.11. The van der Waals surface area contributed by atoms with Crippen LogP contribution in [0.2, 0.25) is 0 Å². The van der Waals surface area contributed by atoms with E-state index >= 15 is 0 Å². The quantitative estimate of drug-likeness (QED) is 0.0395. The summed E-state index contributed by atoms with van der Waals surface area (Å²) in [5, 5.41) is 33.2. The number of aliphatic hydroxyl groups excluding tert-OH is 2. The minimum atomic E-state index is -1.46. The van der Waals surface area contributed by atoms with Crippen molar-refractivity contribution in [2.24, 2.45) is 0 Å². The van der Waals surface area contributed by atoms with Crippen LogP contribution in [0.4, 0.5) is 0 Å². The molecule has 0 spiro atoms. The molecule has 1 aliphatic rings. The zero-order valence-corrected chi connectivity index (χ0v) is 32.2. The normalized spacial score (nSPS) is 20.5. The molecular formula is C40H76N2O8. The molecule has 2 amide bonds. The maximum Gasteiger partial charge on any atom is 0.312 e. The summed E-state index contributed by atoms with van der Waals surface area (Å²) >= 11 is 0. The van der Waals surface area contributed by atoms with E-state index in [9.17, 15) is 24.6 Å². The number of unbranched alkanes of at least 4 members (excludes halogenated alkanes) is 23. The van der Waals surface area contributed by atoms with Crippen molar-refractivity contribution in [1.29, 1.82) is 0 Å². The molecule has 0 unspecified atom stereocenters. The molecule has 4 N–H and O–H groups in total. The molecule has 1 aliphatic heterocycles. The zero-order valence-electron chi connectivity index (χ0n) is 32.2. The molecule has 1 heterocycles. The summed E-state index contributed by atoms with van der Waals surface area (Å²) in [5.41, 5.74) is 0. The highest BCUT2D eigenvalue weighted by Gasteiger charge is 2.46. The summed E-state index contributed by atoms with van der Waals surface area (Å²) in [4.78, 5) is 38.2. The van der Waals surface area contributed by atoms with Gasteiger partial charge in [0.15, 0.2) is 6.29 Å². The summed E-state index contributed by atoms with van der Waals surface area (Å²) in [6, 6.07) is -1.15. The molecule has 0 aromatic heterocycles. The number of carbonyl (C=O) groups excluding carboxylic acids is 2. The molecule has 0 radical (unpaired) electrons. The minimum absolute atomic E-state index is 0.0186. The molecule has 10 nitrogen and oxygen atoms in total. The lowest BCUT2D eigenvalue weighted by Crippen LogP contribution is -2.65. The van der Waals surface area contributed by atoms with Gasteiger partial charge in [-0.05, 0) is 12.8 Å². The first-order chi connectivity index (χ1) is 24.2. The highest BCUT2D eigenvalue weighted by atomic mass is 16.7. The van der Waals surface area contributed by atoms with Gasteiger partial charge in [-0.2, -0.15) is 0 Å². The predicted octanol–water partition coefficient (Wildman–Crippen LogP) is 8.05. The van der Waals surface area contributed by atoms with E-state index in [4.69, 9.17) is 14.6 Å². The van der Waals surface area contributed by atoms with Crippen LogP contribution >= 0.6 is 0 Å². The maximum absolute atomic E-state index is 13.4. The predicted molar refractivity (Wildman–Crippen MR) is 200 cm³/mol. The molecule has 5 atom stereocenters. The Kier molecular flexibility index (Phi) is 28.5. The van der Waals surface area contributed by atoms with E-state index in [0.717, 1.165) is 38.5 Å². The summed E-state index contributed by atoms with van der Waals surface area (Å²) in [7, 11) is 1.35. The third kappa shape index (κ3) is 22.2. The van der Waals surface area contributed by atoms with E-state index in [2.05, 4.69) is 19.2 Å². The van der Waals surface area contributed by atoms with Gasteiger partial charge >= 0.3 is 5.97 Å². The fourth-order valence-corrected chi connectivity index (χ4v) is 6.94. The summed E-state index contributed by atoms with van der Waals surface area (Å²) < 4.78 is 11.3. The van der Waals surface area contributed by atoms with Crippen LogP contribution in [-0.2, 0) is 23.9 Å².